The number of nitrogens with one attached hydrogen (secondary N) is 1. The van der Waals surface area contributed by atoms with Crippen LogP contribution in [0.15, 0.2) is 29.1 Å². The molecule has 2 rings (SSSR count). The van der Waals surface area contributed by atoms with E-state index in [4.69, 9.17) is 14.2 Å². The molecule has 0 aliphatic carbocycles. The minimum absolute atomic E-state index is 0.439. The number of rotatable bonds is 9. The van der Waals surface area contributed by atoms with Crippen molar-refractivity contribution in [3.63, 3.8) is 0 Å². The molecule has 0 aliphatic rings. The highest BCUT2D eigenvalue weighted by molar-refractivity contribution is 7.07. The first-order valence-corrected chi connectivity index (χ1v) is 7.65. The molecule has 1 aromatic carbocycles. The molecule has 2 aromatic rings. The van der Waals surface area contributed by atoms with Crippen molar-refractivity contribution in [3.8, 4) is 11.5 Å². The van der Waals surface area contributed by atoms with E-state index >= 15 is 0 Å². The first-order chi connectivity index (χ1) is 10.3. The molecule has 0 atom stereocenters. The largest absolute Gasteiger partial charge is 0.493 e. The summed E-state index contributed by atoms with van der Waals surface area (Å²) in [4.78, 5) is 4.22. The maximum Gasteiger partial charge on any atom is 0.166 e. The van der Waals surface area contributed by atoms with Gasteiger partial charge in [-0.1, -0.05) is 12.1 Å². The van der Waals surface area contributed by atoms with Crippen molar-refractivity contribution in [2.24, 2.45) is 0 Å². The van der Waals surface area contributed by atoms with Gasteiger partial charge in [-0.15, -0.1) is 11.3 Å². The zero-order valence-electron chi connectivity index (χ0n) is 12.3. The minimum atomic E-state index is 0.439. The van der Waals surface area contributed by atoms with Gasteiger partial charge in [-0.25, -0.2) is 4.98 Å². The van der Waals surface area contributed by atoms with Crippen LogP contribution in [0, 0.1) is 0 Å². The van der Waals surface area contributed by atoms with Crippen LogP contribution in [-0.4, -0.2) is 32.4 Å². The molecule has 0 saturated carbocycles. The van der Waals surface area contributed by atoms with Gasteiger partial charge in [0.1, 0.15) is 6.61 Å². The van der Waals surface area contributed by atoms with Gasteiger partial charge < -0.3 is 19.5 Å². The molecule has 1 aromatic heterocycles. The fourth-order valence-electron chi connectivity index (χ4n) is 1.88. The molecule has 21 heavy (non-hydrogen) atoms. The number of ether oxygens (including phenoxy) is 3. The average Bonchev–Trinajstić information content (AvgIpc) is 3.03. The van der Waals surface area contributed by atoms with Gasteiger partial charge in [0.15, 0.2) is 11.5 Å². The number of methoxy groups -OCH3 is 2. The molecule has 0 spiro atoms. The summed E-state index contributed by atoms with van der Waals surface area (Å²) in [6.07, 6.45) is 0. The molecular formula is C15H20N2O3S. The van der Waals surface area contributed by atoms with Gasteiger partial charge in [-0.3, -0.25) is 0 Å². The summed E-state index contributed by atoms with van der Waals surface area (Å²) in [7, 11) is 3.34. The maximum absolute atomic E-state index is 5.91. The van der Waals surface area contributed by atoms with Crippen molar-refractivity contribution in [2.45, 2.75) is 13.2 Å². The van der Waals surface area contributed by atoms with Crippen LogP contribution in [0.2, 0.25) is 0 Å². The lowest BCUT2D eigenvalue weighted by Gasteiger charge is -2.15. The maximum atomic E-state index is 5.91. The average molecular weight is 308 g/mol. The summed E-state index contributed by atoms with van der Waals surface area (Å²) in [5, 5.41) is 5.29. The lowest BCUT2D eigenvalue weighted by molar-refractivity contribution is 0.199. The van der Waals surface area contributed by atoms with E-state index in [-0.39, 0.29) is 0 Å². The number of nitrogens with zero attached hydrogens (tertiary/aromatic N) is 1. The summed E-state index contributed by atoms with van der Waals surface area (Å²) >= 11 is 1.56. The van der Waals surface area contributed by atoms with Gasteiger partial charge in [-0.2, -0.15) is 0 Å². The first kappa shape index (κ1) is 15.8. The van der Waals surface area contributed by atoms with E-state index in [1.54, 1.807) is 31.1 Å². The second-order valence-electron chi connectivity index (χ2n) is 4.39. The zero-order valence-corrected chi connectivity index (χ0v) is 13.1. The molecular weight excluding hydrogens is 288 g/mol. The van der Waals surface area contributed by atoms with E-state index in [9.17, 15) is 0 Å². The Labute approximate surface area is 128 Å². The molecule has 0 aliphatic heterocycles. The SMILES string of the molecule is COCCNCc1cccc(OC)c1OCc1cscn1. The molecule has 0 amide bonds. The lowest BCUT2D eigenvalue weighted by Crippen LogP contribution is -2.19. The van der Waals surface area contributed by atoms with E-state index in [0.717, 1.165) is 29.3 Å². The Morgan fingerprint density at radius 1 is 1.29 bits per heavy atom. The van der Waals surface area contributed by atoms with Crippen molar-refractivity contribution < 1.29 is 14.2 Å². The smallest absolute Gasteiger partial charge is 0.166 e. The number of aromatic nitrogens is 1. The van der Waals surface area contributed by atoms with Crippen LogP contribution in [0.1, 0.15) is 11.3 Å². The molecule has 1 heterocycles. The van der Waals surface area contributed by atoms with Crippen molar-refractivity contribution in [1.82, 2.24) is 10.3 Å². The molecule has 6 heteroatoms. The van der Waals surface area contributed by atoms with E-state index < -0.39 is 0 Å². The van der Waals surface area contributed by atoms with Gasteiger partial charge >= 0.3 is 0 Å². The van der Waals surface area contributed by atoms with Crippen LogP contribution in [0.3, 0.4) is 0 Å². The summed E-state index contributed by atoms with van der Waals surface area (Å²) < 4.78 is 16.3. The van der Waals surface area contributed by atoms with Crippen molar-refractivity contribution >= 4 is 11.3 Å². The molecule has 1 N–H and O–H groups in total. The fourth-order valence-corrected chi connectivity index (χ4v) is 2.42. The van der Waals surface area contributed by atoms with Gasteiger partial charge in [0.2, 0.25) is 0 Å². The Kier molecular flexibility index (Phi) is 6.46. The molecule has 0 fully saturated rings. The van der Waals surface area contributed by atoms with Crippen LogP contribution in [0.4, 0.5) is 0 Å². The summed E-state index contributed by atoms with van der Waals surface area (Å²) in [6.45, 7) is 2.61. The zero-order chi connectivity index (χ0) is 14.9. The molecule has 0 bridgehead atoms. The Morgan fingerprint density at radius 2 is 2.19 bits per heavy atom. The number of hydrogen-bond acceptors (Lipinski definition) is 6. The highest BCUT2D eigenvalue weighted by Gasteiger charge is 2.11. The summed E-state index contributed by atoms with van der Waals surface area (Å²) in [5.74, 6) is 1.49. The molecule has 0 radical (unpaired) electrons. The number of para-hydroxylation sites is 1. The van der Waals surface area contributed by atoms with Crippen molar-refractivity contribution in [1.29, 1.82) is 0 Å². The Hall–Kier alpha value is -1.63. The Bertz CT molecular complexity index is 532. The first-order valence-electron chi connectivity index (χ1n) is 6.70. The fraction of sp³-hybridized carbons (Fsp3) is 0.400. The highest BCUT2D eigenvalue weighted by Crippen LogP contribution is 2.31. The van der Waals surface area contributed by atoms with E-state index in [1.807, 2.05) is 23.6 Å². The van der Waals surface area contributed by atoms with Crippen LogP contribution >= 0.6 is 11.3 Å². The molecule has 5 nitrogen and oxygen atoms in total. The van der Waals surface area contributed by atoms with Gasteiger partial charge in [-0.05, 0) is 6.07 Å². The van der Waals surface area contributed by atoms with Gasteiger partial charge in [0, 0.05) is 31.1 Å². The molecule has 0 saturated heterocycles. The normalized spacial score (nSPS) is 10.6. The minimum Gasteiger partial charge on any atom is -0.493 e. The Balaban J connectivity index is 2.04. The predicted molar refractivity (Wildman–Crippen MR) is 83.0 cm³/mol. The Morgan fingerprint density at radius 3 is 2.90 bits per heavy atom. The summed E-state index contributed by atoms with van der Waals surface area (Å²) in [6, 6.07) is 5.88. The van der Waals surface area contributed by atoms with Crippen LogP contribution in [0.25, 0.3) is 0 Å². The van der Waals surface area contributed by atoms with Gasteiger partial charge in [0.05, 0.1) is 24.9 Å². The standard InChI is InChI=1S/C15H20N2O3S/c1-18-7-6-16-8-12-4-3-5-14(19-2)15(12)20-9-13-10-21-11-17-13/h3-5,10-11,16H,6-9H2,1-2H3. The number of benzene rings is 1. The molecule has 114 valence electrons. The number of hydrogen-bond donors (Lipinski definition) is 1. The van der Waals surface area contributed by atoms with Crippen LogP contribution in [0.5, 0.6) is 11.5 Å². The predicted octanol–water partition coefficient (Wildman–Crippen LogP) is 2.47. The summed E-state index contributed by atoms with van der Waals surface area (Å²) in [5.41, 5.74) is 3.78. The van der Waals surface area contributed by atoms with Crippen LogP contribution < -0.4 is 14.8 Å². The van der Waals surface area contributed by atoms with E-state index in [2.05, 4.69) is 10.3 Å². The van der Waals surface area contributed by atoms with Crippen molar-refractivity contribution in [3.05, 3.63) is 40.3 Å². The second kappa shape index (κ2) is 8.61. The monoisotopic (exact) mass is 308 g/mol. The quantitative estimate of drug-likeness (QED) is 0.721. The number of thiazole rings is 1. The second-order valence-corrected chi connectivity index (χ2v) is 5.11. The van der Waals surface area contributed by atoms with Gasteiger partial charge in [0.25, 0.3) is 0 Å². The third-order valence-corrected chi connectivity index (χ3v) is 3.56. The topological polar surface area (TPSA) is 52.6 Å². The lowest BCUT2D eigenvalue weighted by atomic mass is 10.2. The van der Waals surface area contributed by atoms with Crippen molar-refractivity contribution in [2.75, 3.05) is 27.4 Å². The van der Waals surface area contributed by atoms with Crippen LogP contribution in [-0.2, 0) is 17.9 Å². The van der Waals surface area contributed by atoms with E-state index in [1.165, 1.54) is 0 Å². The highest BCUT2D eigenvalue weighted by atomic mass is 32.1. The third-order valence-electron chi connectivity index (χ3n) is 2.93. The van der Waals surface area contributed by atoms with E-state index in [0.29, 0.717) is 19.8 Å². The molecule has 0 unspecified atom stereocenters. The third kappa shape index (κ3) is 4.70.